The van der Waals surface area contributed by atoms with Crippen LogP contribution in [0.3, 0.4) is 0 Å². The van der Waals surface area contributed by atoms with Gasteiger partial charge in [0, 0.05) is 35.7 Å². The summed E-state index contributed by atoms with van der Waals surface area (Å²) in [6, 6.07) is 6.21. The Kier molecular flexibility index (Phi) is 3.69. The van der Waals surface area contributed by atoms with Crippen molar-refractivity contribution < 1.29 is 4.92 Å². The van der Waals surface area contributed by atoms with E-state index in [0.717, 1.165) is 23.2 Å². The van der Waals surface area contributed by atoms with Gasteiger partial charge in [-0.05, 0) is 38.4 Å². The number of halogens is 1. The van der Waals surface area contributed by atoms with Crippen LogP contribution in [0, 0.1) is 10.1 Å². The van der Waals surface area contributed by atoms with Gasteiger partial charge in [-0.3, -0.25) is 15.0 Å². The summed E-state index contributed by atoms with van der Waals surface area (Å²) < 4.78 is 0.750. The minimum Gasteiger partial charge on any atom is -0.360 e. The molecule has 0 bridgehead atoms. The Hall–Kier alpha value is -1.14. The van der Waals surface area contributed by atoms with Crippen molar-refractivity contribution in [3.63, 3.8) is 0 Å². The van der Waals surface area contributed by atoms with Gasteiger partial charge < -0.3 is 4.90 Å². The van der Waals surface area contributed by atoms with E-state index in [1.807, 2.05) is 12.1 Å². The van der Waals surface area contributed by atoms with Crippen molar-refractivity contribution in [2.75, 3.05) is 24.5 Å². The number of benzene rings is 1. The number of nitro groups is 1. The van der Waals surface area contributed by atoms with Crippen molar-refractivity contribution in [2.45, 2.75) is 31.8 Å². The van der Waals surface area contributed by atoms with E-state index in [9.17, 15) is 10.1 Å². The molecule has 2 fully saturated rings. The molecular formula is C14H18BrN3O2. The fraction of sp³-hybridized carbons (Fsp3) is 0.571. The lowest BCUT2D eigenvalue weighted by Crippen LogP contribution is -2.55. The minimum absolute atomic E-state index is 0.192. The number of nitro benzene ring substituents is 1. The number of hydrogen-bond donors (Lipinski definition) is 0. The zero-order valence-electron chi connectivity index (χ0n) is 11.5. The molecule has 5 nitrogen and oxygen atoms in total. The van der Waals surface area contributed by atoms with E-state index >= 15 is 0 Å². The van der Waals surface area contributed by atoms with Gasteiger partial charge in [0.15, 0.2) is 0 Å². The van der Waals surface area contributed by atoms with Gasteiger partial charge >= 0.3 is 0 Å². The summed E-state index contributed by atoms with van der Waals surface area (Å²) in [6.07, 6.45) is 2.45. The Bertz CT molecular complexity index is 537. The topological polar surface area (TPSA) is 49.6 Å². The van der Waals surface area contributed by atoms with E-state index in [1.165, 1.54) is 19.4 Å². The number of nitrogens with zero attached hydrogens (tertiary/aromatic N) is 3. The highest BCUT2D eigenvalue weighted by Crippen LogP contribution is 2.35. The number of hydrogen-bond acceptors (Lipinski definition) is 4. The number of fused-ring (bicyclic) bond motifs is 1. The van der Waals surface area contributed by atoms with Crippen LogP contribution in [0.5, 0.6) is 0 Å². The normalized spacial score (nSPS) is 26.6. The summed E-state index contributed by atoms with van der Waals surface area (Å²) in [5.74, 6) is 0. The molecule has 2 heterocycles. The first kappa shape index (κ1) is 13.8. The van der Waals surface area contributed by atoms with Gasteiger partial charge in [0.25, 0.3) is 5.69 Å². The lowest BCUT2D eigenvalue weighted by molar-refractivity contribution is -0.384. The predicted octanol–water partition coefficient (Wildman–Crippen LogP) is 3.03. The van der Waals surface area contributed by atoms with Crippen LogP contribution in [0.4, 0.5) is 11.4 Å². The molecule has 0 N–H and O–H groups in total. The first-order valence-corrected chi connectivity index (χ1v) is 7.80. The fourth-order valence-electron chi connectivity index (χ4n) is 3.41. The Labute approximate surface area is 126 Å². The van der Waals surface area contributed by atoms with Crippen LogP contribution >= 0.6 is 15.9 Å². The molecule has 1 aromatic carbocycles. The average molecular weight is 340 g/mol. The summed E-state index contributed by atoms with van der Waals surface area (Å²) in [4.78, 5) is 15.7. The van der Waals surface area contributed by atoms with Gasteiger partial charge in [-0.2, -0.15) is 0 Å². The molecule has 2 atom stereocenters. The fourth-order valence-corrected chi connectivity index (χ4v) is 3.76. The molecule has 20 heavy (non-hydrogen) atoms. The molecule has 108 valence electrons. The maximum absolute atomic E-state index is 11.3. The zero-order chi connectivity index (χ0) is 14.3. The van der Waals surface area contributed by atoms with E-state index in [-0.39, 0.29) is 10.6 Å². The Balaban J connectivity index is 1.93. The number of piperazine rings is 1. The Morgan fingerprint density at radius 1 is 1.40 bits per heavy atom. The highest BCUT2D eigenvalue weighted by molar-refractivity contribution is 9.10. The summed E-state index contributed by atoms with van der Waals surface area (Å²) >= 11 is 3.32. The molecule has 3 rings (SSSR count). The summed E-state index contributed by atoms with van der Waals surface area (Å²) in [7, 11) is 0. The van der Waals surface area contributed by atoms with Crippen molar-refractivity contribution in [1.29, 1.82) is 0 Å². The molecule has 0 spiro atoms. The van der Waals surface area contributed by atoms with Crippen LogP contribution < -0.4 is 4.90 Å². The second-order valence-corrected chi connectivity index (χ2v) is 6.60. The highest BCUT2D eigenvalue weighted by Gasteiger charge is 2.36. The molecule has 2 unspecified atom stereocenters. The first-order valence-electron chi connectivity index (χ1n) is 7.01. The van der Waals surface area contributed by atoms with Crippen molar-refractivity contribution in [1.82, 2.24) is 4.90 Å². The highest BCUT2D eigenvalue weighted by atomic mass is 79.9. The predicted molar refractivity (Wildman–Crippen MR) is 82.2 cm³/mol. The average Bonchev–Trinajstić information content (AvgIpc) is 2.85. The maximum atomic E-state index is 11.3. The van der Waals surface area contributed by atoms with Crippen LogP contribution in [0.15, 0.2) is 22.7 Å². The third kappa shape index (κ3) is 2.42. The summed E-state index contributed by atoms with van der Waals surface area (Å²) in [5.41, 5.74) is 0.940. The second kappa shape index (κ2) is 5.33. The molecule has 2 aliphatic rings. The van der Waals surface area contributed by atoms with E-state index in [1.54, 1.807) is 6.07 Å². The third-order valence-electron chi connectivity index (χ3n) is 4.38. The van der Waals surface area contributed by atoms with Gasteiger partial charge in [0.2, 0.25) is 0 Å². The molecule has 6 heteroatoms. The van der Waals surface area contributed by atoms with Gasteiger partial charge in [-0.25, -0.2) is 0 Å². The summed E-state index contributed by atoms with van der Waals surface area (Å²) in [5, 5.41) is 11.3. The molecular weight excluding hydrogens is 322 g/mol. The van der Waals surface area contributed by atoms with Crippen LogP contribution in [0.1, 0.15) is 19.8 Å². The van der Waals surface area contributed by atoms with Crippen molar-refractivity contribution in [3.8, 4) is 0 Å². The molecule has 0 radical (unpaired) electrons. The van der Waals surface area contributed by atoms with Gasteiger partial charge in [0.05, 0.1) is 4.92 Å². The minimum atomic E-state index is -0.284. The van der Waals surface area contributed by atoms with E-state index in [4.69, 9.17) is 0 Å². The second-order valence-electron chi connectivity index (χ2n) is 5.68. The molecule has 2 aliphatic heterocycles. The van der Waals surface area contributed by atoms with Crippen LogP contribution in [0.2, 0.25) is 0 Å². The van der Waals surface area contributed by atoms with Gasteiger partial charge in [-0.15, -0.1) is 0 Å². The maximum Gasteiger partial charge on any atom is 0.293 e. The lowest BCUT2D eigenvalue weighted by Gasteiger charge is -2.43. The van der Waals surface area contributed by atoms with Crippen LogP contribution in [0.25, 0.3) is 0 Å². The third-order valence-corrected chi connectivity index (χ3v) is 4.87. The smallest absolute Gasteiger partial charge is 0.293 e. The molecule has 0 amide bonds. The monoisotopic (exact) mass is 339 g/mol. The number of rotatable bonds is 2. The SMILES string of the molecule is CC1CN2CCCC2CN1c1ccc(Br)cc1[N+](=O)[O-]. The van der Waals surface area contributed by atoms with E-state index in [2.05, 4.69) is 32.7 Å². The molecule has 0 aromatic heterocycles. The standard InChI is InChI=1S/C14H18BrN3O2/c1-10-8-16-6-2-3-12(16)9-17(10)13-5-4-11(15)7-14(13)18(19)20/h4-5,7,10,12H,2-3,6,8-9H2,1H3. The first-order chi connectivity index (χ1) is 9.56. The molecule has 0 saturated carbocycles. The van der Waals surface area contributed by atoms with Crippen LogP contribution in [-0.4, -0.2) is 41.5 Å². The van der Waals surface area contributed by atoms with E-state index < -0.39 is 0 Å². The van der Waals surface area contributed by atoms with Crippen molar-refractivity contribution >= 4 is 27.3 Å². The number of anilines is 1. The lowest BCUT2D eigenvalue weighted by atomic mass is 10.1. The Morgan fingerprint density at radius 3 is 2.95 bits per heavy atom. The van der Waals surface area contributed by atoms with Crippen molar-refractivity contribution in [3.05, 3.63) is 32.8 Å². The summed E-state index contributed by atoms with van der Waals surface area (Å²) in [6.45, 7) is 5.22. The molecule has 2 saturated heterocycles. The van der Waals surface area contributed by atoms with Crippen LogP contribution in [-0.2, 0) is 0 Å². The largest absolute Gasteiger partial charge is 0.360 e. The quantitative estimate of drug-likeness (QED) is 0.613. The van der Waals surface area contributed by atoms with Crippen molar-refractivity contribution in [2.24, 2.45) is 0 Å². The van der Waals surface area contributed by atoms with Gasteiger partial charge in [0.1, 0.15) is 5.69 Å². The molecule has 1 aromatic rings. The molecule has 0 aliphatic carbocycles. The van der Waals surface area contributed by atoms with Gasteiger partial charge in [-0.1, -0.05) is 15.9 Å². The van der Waals surface area contributed by atoms with E-state index in [0.29, 0.717) is 12.1 Å². The Morgan fingerprint density at radius 2 is 2.20 bits per heavy atom. The zero-order valence-corrected chi connectivity index (χ0v) is 13.0.